The first-order valence-corrected chi connectivity index (χ1v) is 5.99. The van der Waals surface area contributed by atoms with Crippen molar-refractivity contribution in [1.82, 2.24) is 4.90 Å². The van der Waals surface area contributed by atoms with Crippen LogP contribution in [0.25, 0.3) is 0 Å². The summed E-state index contributed by atoms with van der Waals surface area (Å²) in [5.74, 6) is -1.06. The van der Waals surface area contributed by atoms with Crippen molar-refractivity contribution in [3.8, 4) is 0 Å². The number of carbonyl (C=O) groups excluding carboxylic acids is 1. The zero-order valence-corrected chi connectivity index (χ0v) is 11.0. The third-order valence-electron chi connectivity index (χ3n) is 2.59. The van der Waals surface area contributed by atoms with Crippen molar-refractivity contribution in [3.05, 3.63) is 30.3 Å². The molecule has 0 radical (unpaired) electrons. The van der Waals surface area contributed by atoms with E-state index >= 15 is 0 Å². The molecule has 0 aliphatic rings. The van der Waals surface area contributed by atoms with Gasteiger partial charge in [-0.1, -0.05) is 18.2 Å². The van der Waals surface area contributed by atoms with Gasteiger partial charge in [-0.25, -0.2) is 13.6 Å². The minimum atomic E-state index is -2.64. The Morgan fingerprint density at radius 1 is 1.25 bits per heavy atom. The van der Waals surface area contributed by atoms with E-state index < -0.39 is 25.0 Å². The number of carbonyl (C=O) groups is 2. The molecule has 0 aliphatic carbocycles. The van der Waals surface area contributed by atoms with Crippen LogP contribution in [0, 0.1) is 0 Å². The average molecular weight is 286 g/mol. The minimum absolute atomic E-state index is 0.0776. The Hall–Kier alpha value is -2.18. The van der Waals surface area contributed by atoms with Gasteiger partial charge < -0.3 is 10.0 Å². The molecule has 0 spiro atoms. The van der Waals surface area contributed by atoms with Gasteiger partial charge in [-0.3, -0.25) is 9.69 Å². The van der Waals surface area contributed by atoms with Crippen LogP contribution in [0.1, 0.15) is 6.42 Å². The van der Waals surface area contributed by atoms with Gasteiger partial charge in [0.15, 0.2) is 0 Å². The lowest BCUT2D eigenvalue weighted by molar-refractivity contribution is -0.136. The SMILES string of the molecule is CN(CC(F)F)C(=O)N(CCC(=O)O)c1ccccc1. The molecule has 1 aromatic rings. The number of anilines is 1. The monoisotopic (exact) mass is 286 g/mol. The van der Waals surface area contributed by atoms with Gasteiger partial charge >= 0.3 is 12.0 Å². The number of amides is 2. The molecule has 0 fully saturated rings. The fourth-order valence-electron chi connectivity index (χ4n) is 1.64. The number of aliphatic carboxylic acids is 1. The highest BCUT2D eigenvalue weighted by atomic mass is 19.3. The summed E-state index contributed by atoms with van der Waals surface area (Å²) >= 11 is 0. The van der Waals surface area contributed by atoms with Gasteiger partial charge in [-0.05, 0) is 12.1 Å². The topological polar surface area (TPSA) is 60.9 Å². The first-order valence-electron chi connectivity index (χ1n) is 5.99. The second-order valence-electron chi connectivity index (χ2n) is 4.19. The molecule has 0 aromatic heterocycles. The van der Waals surface area contributed by atoms with Gasteiger partial charge in [0.25, 0.3) is 6.43 Å². The quantitative estimate of drug-likeness (QED) is 0.872. The maximum atomic E-state index is 12.3. The number of nitrogens with zero attached hydrogens (tertiary/aromatic N) is 2. The number of carboxylic acid groups (broad SMARTS) is 1. The predicted molar refractivity (Wildman–Crippen MR) is 70.1 cm³/mol. The maximum Gasteiger partial charge on any atom is 0.324 e. The highest BCUT2D eigenvalue weighted by Crippen LogP contribution is 2.16. The molecule has 110 valence electrons. The lowest BCUT2D eigenvalue weighted by Gasteiger charge is -2.27. The number of carboxylic acids is 1. The average Bonchev–Trinajstić information content (AvgIpc) is 2.38. The summed E-state index contributed by atoms with van der Waals surface area (Å²) in [6, 6.07) is 7.70. The zero-order chi connectivity index (χ0) is 15.1. The van der Waals surface area contributed by atoms with Crippen LogP contribution in [-0.4, -0.2) is 48.6 Å². The molecule has 7 heteroatoms. The zero-order valence-electron chi connectivity index (χ0n) is 11.0. The summed E-state index contributed by atoms with van der Waals surface area (Å²) in [6.07, 6.45) is -2.90. The van der Waals surface area contributed by atoms with Crippen molar-refractivity contribution in [3.63, 3.8) is 0 Å². The summed E-state index contributed by atoms with van der Waals surface area (Å²) in [6.45, 7) is -0.777. The molecule has 0 heterocycles. The fraction of sp³-hybridized carbons (Fsp3) is 0.385. The summed E-state index contributed by atoms with van der Waals surface area (Å²) in [4.78, 5) is 24.8. The molecule has 0 aliphatic heterocycles. The normalized spacial score (nSPS) is 10.4. The molecule has 20 heavy (non-hydrogen) atoms. The van der Waals surface area contributed by atoms with Crippen LogP contribution < -0.4 is 4.90 Å². The van der Waals surface area contributed by atoms with Crippen LogP contribution in [0.3, 0.4) is 0 Å². The number of urea groups is 1. The van der Waals surface area contributed by atoms with Gasteiger partial charge in [0.05, 0.1) is 13.0 Å². The van der Waals surface area contributed by atoms with E-state index in [2.05, 4.69) is 0 Å². The van der Waals surface area contributed by atoms with Gasteiger partial charge in [-0.15, -0.1) is 0 Å². The lowest BCUT2D eigenvalue weighted by Crippen LogP contribution is -2.44. The molecule has 0 saturated heterocycles. The van der Waals surface area contributed by atoms with Crippen LogP contribution in [-0.2, 0) is 4.79 Å². The van der Waals surface area contributed by atoms with E-state index in [1.54, 1.807) is 30.3 Å². The molecule has 0 unspecified atom stereocenters. The smallest absolute Gasteiger partial charge is 0.324 e. The van der Waals surface area contributed by atoms with Gasteiger partial charge in [0.1, 0.15) is 0 Å². The van der Waals surface area contributed by atoms with Gasteiger partial charge in [-0.2, -0.15) is 0 Å². The van der Waals surface area contributed by atoms with E-state index in [0.717, 1.165) is 4.90 Å². The highest BCUT2D eigenvalue weighted by Gasteiger charge is 2.22. The fourth-order valence-corrected chi connectivity index (χ4v) is 1.64. The molecule has 0 atom stereocenters. The van der Waals surface area contributed by atoms with E-state index in [1.807, 2.05) is 0 Å². The standard InChI is InChI=1S/C13H16F2N2O3/c1-16(9-11(14)15)13(20)17(8-7-12(18)19)10-5-3-2-4-6-10/h2-6,11H,7-9H2,1H3,(H,18,19). The first-order chi connectivity index (χ1) is 9.41. The molecule has 1 aromatic carbocycles. The van der Waals surface area contributed by atoms with Crippen LogP contribution in [0.5, 0.6) is 0 Å². The second-order valence-corrected chi connectivity index (χ2v) is 4.19. The number of halogens is 2. The lowest BCUT2D eigenvalue weighted by atomic mass is 10.2. The van der Waals surface area contributed by atoms with Gasteiger partial charge in [0, 0.05) is 19.3 Å². The Balaban J connectivity index is 2.87. The molecular weight excluding hydrogens is 270 g/mol. The van der Waals surface area contributed by atoms with Crippen molar-refractivity contribution in [1.29, 1.82) is 0 Å². The van der Waals surface area contributed by atoms with E-state index in [4.69, 9.17) is 5.11 Å². The van der Waals surface area contributed by atoms with E-state index in [0.29, 0.717) is 5.69 Å². The van der Waals surface area contributed by atoms with Crippen molar-refractivity contribution < 1.29 is 23.5 Å². The molecule has 5 nitrogen and oxygen atoms in total. The second kappa shape index (κ2) is 7.42. The summed E-state index contributed by atoms with van der Waals surface area (Å²) in [5, 5.41) is 8.70. The summed E-state index contributed by atoms with van der Waals surface area (Å²) in [7, 11) is 1.26. The van der Waals surface area contributed by atoms with Crippen molar-refractivity contribution in [2.75, 3.05) is 25.0 Å². The van der Waals surface area contributed by atoms with Crippen LogP contribution in [0.2, 0.25) is 0 Å². The predicted octanol–water partition coefficient (Wildman–Crippen LogP) is 2.28. The number of para-hydroxylation sites is 1. The van der Waals surface area contributed by atoms with Crippen LogP contribution in [0.15, 0.2) is 30.3 Å². The number of alkyl halides is 2. The molecule has 0 saturated carbocycles. The Labute approximate surface area is 115 Å². The summed E-state index contributed by atoms with van der Waals surface area (Å²) in [5.41, 5.74) is 0.472. The van der Waals surface area contributed by atoms with Crippen LogP contribution >= 0.6 is 0 Å². The van der Waals surface area contributed by atoms with Crippen molar-refractivity contribution in [2.24, 2.45) is 0 Å². The number of rotatable bonds is 6. The van der Waals surface area contributed by atoms with E-state index in [1.165, 1.54) is 11.9 Å². The van der Waals surface area contributed by atoms with Crippen molar-refractivity contribution in [2.45, 2.75) is 12.8 Å². The third kappa shape index (κ3) is 4.83. The summed E-state index contributed by atoms with van der Waals surface area (Å²) < 4.78 is 24.6. The minimum Gasteiger partial charge on any atom is -0.481 e. The van der Waals surface area contributed by atoms with Gasteiger partial charge in [0.2, 0.25) is 0 Å². The third-order valence-corrected chi connectivity index (χ3v) is 2.59. The Morgan fingerprint density at radius 2 is 1.85 bits per heavy atom. The number of benzene rings is 1. The maximum absolute atomic E-state index is 12.3. The molecule has 0 bridgehead atoms. The molecule has 1 rings (SSSR count). The Morgan fingerprint density at radius 3 is 2.35 bits per heavy atom. The van der Waals surface area contributed by atoms with E-state index in [9.17, 15) is 18.4 Å². The highest BCUT2D eigenvalue weighted by molar-refractivity contribution is 5.92. The molecular formula is C13H16F2N2O3. The number of hydrogen-bond donors (Lipinski definition) is 1. The van der Waals surface area contributed by atoms with Crippen LogP contribution in [0.4, 0.5) is 19.3 Å². The Kier molecular flexibility index (Phi) is 5.89. The first kappa shape index (κ1) is 15.9. The largest absolute Gasteiger partial charge is 0.481 e. The molecule has 2 amide bonds. The van der Waals surface area contributed by atoms with Crippen molar-refractivity contribution >= 4 is 17.7 Å². The number of hydrogen-bond acceptors (Lipinski definition) is 2. The van der Waals surface area contributed by atoms with E-state index in [-0.39, 0.29) is 13.0 Å². The Bertz CT molecular complexity index is 454. The molecule has 1 N–H and O–H groups in total.